The number of nitrogens with one attached hydrogen (secondary N) is 1. The number of hydrogen-bond acceptors (Lipinski definition) is 1. The summed E-state index contributed by atoms with van der Waals surface area (Å²) in [6, 6.07) is 9.13. The molecule has 116 valence electrons. The lowest BCUT2D eigenvalue weighted by molar-refractivity contribution is 0.423. The lowest BCUT2D eigenvalue weighted by atomic mass is 9.88. The van der Waals surface area contributed by atoms with Crippen LogP contribution in [0.15, 0.2) is 54.6 Å². The van der Waals surface area contributed by atoms with Gasteiger partial charge < -0.3 is 5.32 Å². The Balaban J connectivity index is 0.00000242. The first-order valence-corrected chi connectivity index (χ1v) is 7.87. The fraction of sp³-hybridized carbons (Fsp3) is 0.400. The van der Waals surface area contributed by atoms with E-state index < -0.39 is 0 Å². The van der Waals surface area contributed by atoms with Crippen molar-refractivity contribution in [2.75, 3.05) is 7.05 Å². The molecular weight excluding hydrogens is 254 g/mol. The maximum Gasteiger partial charge on any atom is 0.0167 e. The zero-order valence-corrected chi connectivity index (χ0v) is 13.5. The SMILES string of the molecule is C=C(CC(NC)C1C=CC(C)=CCC1)c1ccc(C)cc1.[HH].[HH]. The third kappa shape index (κ3) is 4.44. The number of hydrogen-bond donors (Lipinski definition) is 1. The zero-order valence-electron chi connectivity index (χ0n) is 13.5. The largest absolute Gasteiger partial charge is 0.316 e. The molecule has 0 radical (unpaired) electrons. The molecule has 2 atom stereocenters. The Labute approximate surface area is 132 Å². The monoisotopic (exact) mass is 285 g/mol. The zero-order chi connectivity index (χ0) is 15.2. The van der Waals surface area contributed by atoms with Gasteiger partial charge in [-0.3, -0.25) is 0 Å². The molecule has 1 aliphatic carbocycles. The highest BCUT2D eigenvalue weighted by atomic mass is 14.9. The number of allylic oxidation sites excluding steroid dienone is 3. The molecule has 0 saturated heterocycles. The molecule has 0 saturated carbocycles. The minimum Gasteiger partial charge on any atom is -0.316 e. The molecule has 21 heavy (non-hydrogen) atoms. The van der Waals surface area contributed by atoms with E-state index in [-0.39, 0.29) is 2.85 Å². The molecule has 0 fully saturated rings. The van der Waals surface area contributed by atoms with Crippen LogP contribution in [-0.4, -0.2) is 13.1 Å². The lowest BCUT2D eigenvalue weighted by Gasteiger charge is -2.25. The van der Waals surface area contributed by atoms with Crippen LogP contribution in [0.4, 0.5) is 0 Å². The van der Waals surface area contributed by atoms with Gasteiger partial charge in [0.15, 0.2) is 0 Å². The Morgan fingerprint density at radius 1 is 1.33 bits per heavy atom. The van der Waals surface area contributed by atoms with Gasteiger partial charge in [0.05, 0.1) is 0 Å². The van der Waals surface area contributed by atoms with Crippen LogP contribution in [0.3, 0.4) is 0 Å². The van der Waals surface area contributed by atoms with Gasteiger partial charge in [-0.2, -0.15) is 0 Å². The van der Waals surface area contributed by atoms with E-state index in [1.807, 2.05) is 0 Å². The van der Waals surface area contributed by atoms with Crippen LogP contribution in [0, 0.1) is 12.8 Å². The molecule has 1 aromatic rings. The van der Waals surface area contributed by atoms with E-state index in [0.717, 1.165) is 6.42 Å². The highest BCUT2D eigenvalue weighted by molar-refractivity contribution is 5.64. The first kappa shape index (κ1) is 15.8. The smallest absolute Gasteiger partial charge is 0.0167 e. The van der Waals surface area contributed by atoms with Gasteiger partial charge in [-0.05, 0) is 57.2 Å². The first-order valence-electron chi connectivity index (χ1n) is 7.87. The number of aryl methyl sites for hydroxylation is 1. The summed E-state index contributed by atoms with van der Waals surface area (Å²) >= 11 is 0. The van der Waals surface area contributed by atoms with E-state index in [4.69, 9.17) is 0 Å². The molecule has 2 rings (SSSR count). The van der Waals surface area contributed by atoms with E-state index in [1.54, 1.807) is 0 Å². The maximum absolute atomic E-state index is 4.30. The fourth-order valence-electron chi connectivity index (χ4n) is 2.92. The van der Waals surface area contributed by atoms with Crippen LogP contribution in [-0.2, 0) is 0 Å². The predicted molar refractivity (Wildman–Crippen MR) is 97.5 cm³/mol. The summed E-state index contributed by atoms with van der Waals surface area (Å²) < 4.78 is 0. The average Bonchev–Trinajstić information content (AvgIpc) is 2.70. The minimum absolute atomic E-state index is 0. The lowest BCUT2D eigenvalue weighted by Crippen LogP contribution is -2.32. The van der Waals surface area contributed by atoms with Gasteiger partial charge in [0, 0.05) is 8.90 Å². The van der Waals surface area contributed by atoms with E-state index in [1.165, 1.54) is 35.1 Å². The third-order valence-electron chi connectivity index (χ3n) is 4.39. The topological polar surface area (TPSA) is 12.0 Å². The Hall–Kier alpha value is -1.60. The molecule has 0 spiro atoms. The van der Waals surface area contributed by atoms with Gasteiger partial charge in [-0.1, -0.05) is 60.2 Å². The van der Waals surface area contributed by atoms with Gasteiger partial charge in [-0.25, -0.2) is 0 Å². The molecule has 0 aliphatic heterocycles. The summed E-state index contributed by atoms with van der Waals surface area (Å²) in [5.41, 5.74) is 5.15. The summed E-state index contributed by atoms with van der Waals surface area (Å²) in [5, 5.41) is 3.49. The molecule has 1 aromatic carbocycles. The minimum atomic E-state index is 0. The standard InChI is InChI=1S/C20H27N.2H2/c1-15-6-5-7-19(13-10-15)20(21-4)14-17(3)18-11-8-16(2)9-12-18;;/h6,8-13,19-21H,3,5,7,14H2,1-2,4H3;2*1H. The van der Waals surface area contributed by atoms with Crippen molar-refractivity contribution in [3.05, 3.63) is 65.8 Å². The van der Waals surface area contributed by atoms with Crippen LogP contribution in [0.2, 0.25) is 0 Å². The van der Waals surface area contributed by atoms with E-state index in [9.17, 15) is 0 Å². The number of rotatable bonds is 5. The second-order valence-corrected chi connectivity index (χ2v) is 6.12. The summed E-state index contributed by atoms with van der Waals surface area (Å²) in [6.07, 6.45) is 10.3. The molecule has 0 aromatic heterocycles. The van der Waals surface area contributed by atoms with Gasteiger partial charge in [0.2, 0.25) is 0 Å². The molecule has 1 N–H and O–H groups in total. The average molecular weight is 285 g/mol. The first-order chi connectivity index (χ1) is 10.1. The molecule has 0 bridgehead atoms. The third-order valence-corrected chi connectivity index (χ3v) is 4.39. The molecule has 0 amide bonds. The van der Waals surface area contributed by atoms with Gasteiger partial charge in [-0.15, -0.1) is 0 Å². The Kier molecular flexibility index (Phi) is 5.58. The molecule has 2 unspecified atom stereocenters. The maximum atomic E-state index is 4.30. The molecular formula is C20H31N. The Morgan fingerprint density at radius 2 is 2.05 bits per heavy atom. The van der Waals surface area contributed by atoms with Crippen molar-refractivity contribution in [2.45, 2.75) is 39.2 Å². The Morgan fingerprint density at radius 3 is 2.71 bits per heavy atom. The number of benzene rings is 1. The summed E-state index contributed by atoms with van der Waals surface area (Å²) in [5.74, 6) is 0.575. The van der Waals surface area contributed by atoms with Crippen molar-refractivity contribution in [1.29, 1.82) is 0 Å². The summed E-state index contributed by atoms with van der Waals surface area (Å²) in [4.78, 5) is 0. The Bertz CT molecular complexity index is 543. The van der Waals surface area contributed by atoms with Crippen molar-refractivity contribution in [3.63, 3.8) is 0 Å². The van der Waals surface area contributed by atoms with E-state index in [2.05, 4.69) is 75.3 Å². The van der Waals surface area contributed by atoms with Gasteiger partial charge >= 0.3 is 0 Å². The van der Waals surface area contributed by atoms with Crippen LogP contribution in [0.25, 0.3) is 5.57 Å². The van der Waals surface area contributed by atoms with E-state index >= 15 is 0 Å². The van der Waals surface area contributed by atoms with Crippen molar-refractivity contribution < 1.29 is 2.85 Å². The predicted octanol–water partition coefficient (Wildman–Crippen LogP) is 5.39. The normalized spacial score (nSPS) is 19.8. The van der Waals surface area contributed by atoms with Gasteiger partial charge in [0.1, 0.15) is 0 Å². The molecule has 0 heterocycles. The molecule has 1 heteroatoms. The molecule has 1 nitrogen and oxygen atoms in total. The highest BCUT2D eigenvalue weighted by Gasteiger charge is 2.19. The van der Waals surface area contributed by atoms with Crippen molar-refractivity contribution in [1.82, 2.24) is 5.32 Å². The summed E-state index contributed by atoms with van der Waals surface area (Å²) in [7, 11) is 2.06. The second-order valence-electron chi connectivity index (χ2n) is 6.12. The second kappa shape index (κ2) is 7.42. The van der Waals surface area contributed by atoms with Crippen molar-refractivity contribution in [2.24, 2.45) is 5.92 Å². The van der Waals surface area contributed by atoms with Gasteiger partial charge in [0.25, 0.3) is 0 Å². The quantitative estimate of drug-likeness (QED) is 0.764. The van der Waals surface area contributed by atoms with Crippen LogP contribution in [0.1, 0.15) is 40.2 Å². The van der Waals surface area contributed by atoms with E-state index in [0.29, 0.717) is 12.0 Å². The fourth-order valence-corrected chi connectivity index (χ4v) is 2.92. The van der Waals surface area contributed by atoms with Crippen molar-refractivity contribution >= 4 is 5.57 Å². The summed E-state index contributed by atoms with van der Waals surface area (Å²) in [6.45, 7) is 8.60. The van der Waals surface area contributed by atoms with Crippen LogP contribution >= 0.6 is 0 Å². The van der Waals surface area contributed by atoms with Crippen LogP contribution in [0.5, 0.6) is 0 Å². The molecule has 1 aliphatic rings. The van der Waals surface area contributed by atoms with Crippen molar-refractivity contribution in [3.8, 4) is 0 Å². The van der Waals surface area contributed by atoms with Crippen LogP contribution < -0.4 is 5.32 Å². The highest BCUT2D eigenvalue weighted by Crippen LogP contribution is 2.26.